The van der Waals surface area contributed by atoms with Crippen LogP contribution < -0.4 is 5.32 Å². The average molecular weight is 243 g/mol. The highest BCUT2D eigenvalue weighted by Crippen LogP contribution is 2.23. The van der Waals surface area contributed by atoms with E-state index in [1.165, 1.54) is 63.1 Å². The minimum Gasteiger partial charge on any atom is -0.377 e. The molecule has 1 saturated heterocycles. The summed E-state index contributed by atoms with van der Waals surface area (Å²) in [7, 11) is 0. The van der Waals surface area contributed by atoms with Crippen molar-refractivity contribution in [3.8, 4) is 0 Å². The van der Waals surface area contributed by atoms with Crippen LogP contribution in [0.2, 0.25) is 0 Å². The van der Waals surface area contributed by atoms with E-state index >= 15 is 0 Å². The van der Waals surface area contributed by atoms with Crippen LogP contribution in [0.5, 0.6) is 0 Å². The smallest absolute Gasteiger partial charge is 0.0666 e. The third kappa shape index (κ3) is 4.64. The Morgan fingerprint density at radius 3 is 2.75 bits per heavy atom. The summed E-state index contributed by atoms with van der Waals surface area (Å²) >= 11 is 2.05. The van der Waals surface area contributed by atoms with Crippen molar-refractivity contribution in [2.75, 3.05) is 31.2 Å². The van der Waals surface area contributed by atoms with Gasteiger partial charge in [0.2, 0.25) is 0 Å². The summed E-state index contributed by atoms with van der Waals surface area (Å²) in [5.74, 6) is 3.42. The first-order valence-electron chi connectivity index (χ1n) is 6.85. The Morgan fingerprint density at radius 1 is 1.12 bits per heavy atom. The fraction of sp³-hybridized carbons (Fsp3) is 1.00. The van der Waals surface area contributed by atoms with Gasteiger partial charge in [0.1, 0.15) is 0 Å². The van der Waals surface area contributed by atoms with Gasteiger partial charge in [0.15, 0.2) is 0 Å². The Bertz CT molecular complexity index is 157. The number of hydrogen-bond donors (Lipinski definition) is 1. The van der Waals surface area contributed by atoms with Crippen molar-refractivity contribution in [3.05, 3.63) is 0 Å². The molecule has 16 heavy (non-hydrogen) atoms. The summed E-state index contributed by atoms with van der Waals surface area (Å²) in [6.45, 7) is 3.42. The van der Waals surface area contributed by atoms with Crippen LogP contribution in [0, 0.1) is 5.92 Å². The molecule has 1 N–H and O–H groups in total. The van der Waals surface area contributed by atoms with E-state index in [9.17, 15) is 0 Å². The van der Waals surface area contributed by atoms with E-state index in [0.29, 0.717) is 6.10 Å². The summed E-state index contributed by atoms with van der Waals surface area (Å²) in [5.41, 5.74) is 0. The first-order valence-corrected chi connectivity index (χ1v) is 8.00. The van der Waals surface area contributed by atoms with Gasteiger partial charge in [-0.25, -0.2) is 0 Å². The predicted molar refractivity (Wildman–Crippen MR) is 71.1 cm³/mol. The van der Waals surface area contributed by atoms with Gasteiger partial charge >= 0.3 is 0 Å². The molecule has 94 valence electrons. The summed E-state index contributed by atoms with van der Waals surface area (Å²) in [5, 5.41) is 3.59. The number of ether oxygens (including phenoxy) is 1. The molecule has 3 heteroatoms. The SMILES string of the molecule is C1CCC(CNCCSCC2CCCO2)C1. The van der Waals surface area contributed by atoms with E-state index < -0.39 is 0 Å². The lowest BCUT2D eigenvalue weighted by Gasteiger charge is -2.11. The van der Waals surface area contributed by atoms with Gasteiger partial charge in [0.25, 0.3) is 0 Å². The van der Waals surface area contributed by atoms with Gasteiger partial charge in [0, 0.05) is 24.7 Å². The third-order valence-corrected chi connectivity index (χ3v) is 4.76. The van der Waals surface area contributed by atoms with Crippen LogP contribution in [0.15, 0.2) is 0 Å². The lowest BCUT2D eigenvalue weighted by atomic mass is 10.1. The lowest BCUT2D eigenvalue weighted by molar-refractivity contribution is 0.129. The number of thioether (sulfide) groups is 1. The molecule has 1 aliphatic heterocycles. The van der Waals surface area contributed by atoms with Gasteiger partial charge in [-0.2, -0.15) is 11.8 Å². The van der Waals surface area contributed by atoms with Gasteiger partial charge in [-0.3, -0.25) is 0 Å². The van der Waals surface area contributed by atoms with Crippen LogP contribution >= 0.6 is 11.8 Å². The molecule has 1 saturated carbocycles. The van der Waals surface area contributed by atoms with E-state index in [1.54, 1.807) is 0 Å². The van der Waals surface area contributed by atoms with Crippen molar-refractivity contribution >= 4 is 11.8 Å². The third-order valence-electron chi connectivity index (χ3n) is 3.66. The van der Waals surface area contributed by atoms with Gasteiger partial charge in [-0.05, 0) is 38.1 Å². The summed E-state index contributed by atoms with van der Waals surface area (Å²) in [6.07, 6.45) is 8.93. The first kappa shape index (κ1) is 12.7. The van der Waals surface area contributed by atoms with E-state index in [2.05, 4.69) is 5.32 Å². The maximum absolute atomic E-state index is 5.60. The van der Waals surface area contributed by atoms with Crippen molar-refractivity contribution in [2.45, 2.75) is 44.6 Å². The van der Waals surface area contributed by atoms with Gasteiger partial charge in [-0.15, -0.1) is 0 Å². The van der Waals surface area contributed by atoms with Crippen molar-refractivity contribution in [2.24, 2.45) is 5.92 Å². The van der Waals surface area contributed by atoms with Crippen LogP contribution in [0.25, 0.3) is 0 Å². The van der Waals surface area contributed by atoms with E-state index in [-0.39, 0.29) is 0 Å². The molecule has 2 nitrogen and oxygen atoms in total. The highest BCUT2D eigenvalue weighted by atomic mass is 32.2. The van der Waals surface area contributed by atoms with Crippen LogP contribution in [0.1, 0.15) is 38.5 Å². The Balaban J connectivity index is 1.37. The quantitative estimate of drug-likeness (QED) is 0.695. The second-order valence-corrected chi connectivity index (χ2v) is 6.21. The molecule has 0 aromatic heterocycles. The maximum Gasteiger partial charge on any atom is 0.0666 e. The molecule has 2 aliphatic rings. The van der Waals surface area contributed by atoms with Crippen LogP contribution in [0.3, 0.4) is 0 Å². The zero-order valence-electron chi connectivity index (χ0n) is 10.2. The largest absolute Gasteiger partial charge is 0.377 e. The minimum absolute atomic E-state index is 0.555. The van der Waals surface area contributed by atoms with E-state index in [1.807, 2.05) is 11.8 Å². The first-order chi connectivity index (χ1) is 7.95. The molecular weight excluding hydrogens is 218 g/mol. The highest BCUT2D eigenvalue weighted by molar-refractivity contribution is 7.99. The summed E-state index contributed by atoms with van der Waals surface area (Å²) in [6, 6.07) is 0. The van der Waals surface area contributed by atoms with Gasteiger partial charge in [0.05, 0.1) is 6.10 Å². The fourth-order valence-electron chi connectivity index (χ4n) is 2.66. The fourth-order valence-corrected chi connectivity index (χ4v) is 3.64. The molecule has 0 amide bonds. The number of hydrogen-bond acceptors (Lipinski definition) is 3. The monoisotopic (exact) mass is 243 g/mol. The second kappa shape index (κ2) is 7.57. The topological polar surface area (TPSA) is 21.3 Å². The molecule has 0 bridgehead atoms. The Hall–Kier alpha value is 0.270. The molecule has 0 aromatic rings. The standard InChI is InChI=1S/C13H25NOS/c1-2-5-12(4-1)10-14-7-9-16-11-13-6-3-8-15-13/h12-14H,1-11H2. The van der Waals surface area contributed by atoms with E-state index in [4.69, 9.17) is 4.74 Å². The molecule has 0 aromatic carbocycles. The molecule has 0 radical (unpaired) electrons. The number of rotatable bonds is 7. The van der Waals surface area contributed by atoms with Crippen molar-refractivity contribution in [3.63, 3.8) is 0 Å². The predicted octanol–water partition coefficient (Wildman–Crippen LogP) is 2.68. The normalized spacial score (nSPS) is 26.6. The van der Waals surface area contributed by atoms with Crippen molar-refractivity contribution in [1.82, 2.24) is 5.32 Å². The minimum atomic E-state index is 0.555. The average Bonchev–Trinajstić information content (AvgIpc) is 2.96. The van der Waals surface area contributed by atoms with E-state index in [0.717, 1.165) is 12.5 Å². The molecule has 1 aliphatic carbocycles. The van der Waals surface area contributed by atoms with Crippen molar-refractivity contribution < 1.29 is 4.74 Å². The summed E-state index contributed by atoms with van der Waals surface area (Å²) in [4.78, 5) is 0. The molecule has 0 spiro atoms. The van der Waals surface area contributed by atoms with Gasteiger partial charge < -0.3 is 10.1 Å². The molecular formula is C13H25NOS. The second-order valence-electron chi connectivity index (χ2n) is 5.06. The zero-order chi connectivity index (χ0) is 11.1. The lowest BCUT2D eigenvalue weighted by Crippen LogP contribution is -2.24. The maximum atomic E-state index is 5.60. The van der Waals surface area contributed by atoms with Gasteiger partial charge in [-0.1, -0.05) is 12.8 Å². The summed E-state index contributed by atoms with van der Waals surface area (Å²) < 4.78 is 5.60. The molecule has 2 fully saturated rings. The molecule has 1 atom stereocenters. The zero-order valence-corrected chi connectivity index (χ0v) is 11.1. The molecule has 1 unspecified atom stereocenters. The Morgan fingerprint density at radius 2 is 2.00 bits per heavy atom. The van der Waals surface area contributed by atoms with Crippen LogP contribution in [0.4, 0.5) is 0 Å². The molecule has 2 rings (SSSR count). The Kier molecular flexibility index (Phi) is 6.02. The number of nitrogens with one attached hydrogen (secondary N) is 1. The van der Waals surface area contributed by atoms with Crippen LogP contribution in [-0.4, -0.2) is 37.3 Å². The van der Waals surface area contributed by atoms with Crippen LogP contribution in [-0.2, 0) is 4.74 Å². The Labute approximate surface area is 104 Å². The highest BCUT2D eigenvalue weighted by Gasteiger charge is 2.15. The van der Waals surface area contributed by atoms with Crippen molar-refractivity contribution in [1.29, 1.82) is 0 Å². The molecule has 1 heterocycles.